The first-order valence-corrected chi connectivity index (χ1v) is 8.94. The van der Waals surface area contributed by atoms with Gasteiger partial charge in [0.25, 0.3) is 0 Å². The number of hydrogen-bond donors (Lipinski definition) is 2. The van der Waals surface area contributed by atoms with Crippen LogP contribution in [0, 0.1) is 0 Å². The van der Waals surface area contributed by atoms with Crippen LogP contribution in [0.1, 0.15) is 6.92 Å². The maximum atomic E-state index is 12.0. The van der Waals surface area contributed by atoms with Gasteiger partial charge in [-0.1, -0.05) is 28.1 Å². The number of nitrogens with two attached hydrogens (primary N) is 1. The summed E-state index contributed by atoms with van der Waals surface area (Å²) in [4.78, 5) is -0.0770. The second-order valence-electron chi connectivity index (χ2n) is 3.44. The highest BCUT2D eigenvalue weighted by Crippen LogP contribution is 2.35. The summed E-state index contributed by atoms with van der Waals surface area (Å²) >= 11 is 14.6. The molecule has 0 spiro atoms. The first kappa shape index (κ1) is 16.4. The summed E-state index contributed by atoms with van der Waals surface area (Å²) in [5.41, 5.74) is 5.76. The zero-order valence-corrected chi connectivity index (χ0v) is 15.5. The Morgan fingerprint density at radius 2 is 1.78 bits per heavy atom. The van der Waals surface area contributed by atoms with Crippen LogP contribution in [0.4, 0.5) is 5.69 Å². The summed E-state index contributed by atoms with van der Waals surface area (Å²) in [6.07, 6.45) is 0. The quantitative estimate of drug-likeness (QED) is 0.648. The second kappa shape index (κ2) is 6.17. The molecule has 1 aromatic carbocycles. The molecule has 1 aromatic rings. The number of sulfonamides is 1. The largest absolute Gasteiger partial charge is 0.392 e. The van der Waals surface area contributed by atoms with Crippen LogP contribution >= 0.6 is 60.0 Å². The van der Waals surface area contributed by atoms with E-state index >= 15 is 0 Å². The molecular weight excluding hydrogens is 472 g/mol. The van der Waals surface area contributed by atoms with Crippen molar-refractivity contribution in [3.05, 3.63) is 25.6 Å². The third-order valence-corrected chi connectivity index (χ3v) is 6.00. The van der Waals surface area contributed by atoms with Gasteiger partial charge in [0.1, 0.15) is 5.25 Å². The van der Waals surface area contributed by atoms with E-state index in [1.807, 2.05) is 0 Å². The number of halogens is 3. The minimum absolute atomic E-state index is 0.0770. The van der Waals surface area contributed by atoms with Crippen molar-refractivity contribution in [3.8, 4) is 0 Å². The average Bonchev–Trinajstić information content (AvgIpc) is 2.22. The molecule has 0 fully saturated rings. The number of nitrogens with one attached hydrogen (secondary N) is 1. The molecule has 100 valence electrons. The summed E-state index contributed by atoms with van der Waals surface area (Å²) in [5.74, 6) is 0. The van der Waals surface area contributed by atoms with Crippen molar-refractivity contribution in [3.63, 3.8) is 0 Å². The van der Waals surface area contributed by atoms with E-state index in [0.29, 0.717) is 14.6 Å². The maximum Gasteiger partial charge on any atom is 0.241 e. The molecule has 0 saturated carbocycles. The first-order valence-electron chi connectivity index (χ1n) is 4.60. The third-order valence-electron chi connectivity index (χ3n) is 2.12. The van der Waals surface area contributed by atoms with Crippen molar-refractivity contribution in [1.82, 2.24) is 0 Å². The molecule has 0 aliphatic rings. The Hall–Kier alpha value is 0.300. The second-order valence-corrected chi connectivity index (χ2v) is 8.53. The van der Waals surface area contributed by atoms with Gasteiger partial charge in [0.2, 0.25) is 10.0 Å². The number of hydrogen-bond acceptors (Lipinski definition) is 3. The molecule has 3 N–H and O–H groups in total. The predicted molar refractivity (Wildman–Crippen MR) is 88.3 cm³/mol. The Morgan fingerprint density at radius 1 is 1.33 bits per heavy atom. The number of thiocarbonyl (C=S) groups is 1. The lowest BCUT2D eigenvalue weighted by atomic mass is 10.3. The fourth-order valence-corrected chi connectivity index (χ4v) is 5.11. The van der Waals surface area contributed by atoms with Gasteiger partial charge in [-0.15, -0.1) is 0 Å². The molecule has 0 amide bonds. The Balaban J connectivity index is 3.17. The summed E-state index contributed by atoms with van der Waals surface area (Å²) in [6, 6.07) is 3.46. The van der Waals surface area contributed by atoms with E-state index in [-0.39, 0.29) is 4.99 Å². The molecule has 9 heteroatoms. The van der Waals surface area contributed by atoms with E-state index in [1.54, 1.807) is 12.1 Å². The zero-order valence-electron chi connectivity index (χ0n) is 9.08. The van der Waals surface area contributed by atoms with Gasteiger partial charge in [0, 0.05) is 13.4 Å². The third kappa shape index (κ3) is 3.89. The summed E-state index contributed by atoms with van der Waals surface area (Å²) in [5, 5.41) is -0.949. The topological polar surface area (TPSA) is 72.2 Å². The molecule has 0 aliphatic heterocycles. The van der Waals surface area contributed by atoms with E-state index in [0.717, 1.165) is 4.47 Å². The zero-order chi connectivity index (χ0) is 14.1. The van der Waals surface area contributed by atoms with Gasteiger partial charge in [0.15, 0.2) is 0 Å². The summed E-state index contributed by atoms with van der Waals surface area (Å²) in [7, 11) is -3.66. The molecule has 1 atom stereocenters. The van der Waals surface area contributed by atoms with Crippen molar-refractivity contribution < 1.29 is 8.42 Å². The molecule has 18 heavy (non-hydrogen) atoms. The summed E-state index contributed by atoms with van der Waals surface area (Å²) < 4.78 is 28.5. The Bertz CT molecular complexity index is 566. The van der Waals surface area contributed by atoms with Crippen LogP contribution in [0.25, 0.3) is 0 Å². The maximum absolute atomic E-state index is 12.0. The minimum atomic E-state index is -3.66. The lowest BCUT2D eigenvalue weighted by molar-refractivity contribution is 0.598. The molecule has 0 radical (unpaired) electrons. The lowest BCUT2D eigenvalue weighted by Crippen LogP contribution is -2.35. The number of anilines is 1. The van der Waals surface area contributed by atoms with Crippen molar-refractivity contribution in [2.24, 2.45) is 5.73 Å². The van der Waals surface area contributed by atoms with Gasteiger partial charge in [-0.25, -0.2) is 8.42 Å². The van der Waals surface area contributed by atoms with Crippen molar-refractivity contribution in [2.45, 2.75) is 12.2 Å². The van der Waals surface area contributed by atoms with Crippen LogP contribution < -0.4 is 10.5 Å². The van der Waals surface area contributed by atoms with Gasteiger partial charge >= 0.3 is 0 Å². The van der Waals surface area contributed by atoms with Crippen LogP contribution in [0.5, 0.6) is 0 Å². The van der Waals surface area contributed by atoms with Crippen LogP contribution in [-0.4, -0.2) is 18.7 Å². The smallest absolute Gasteiger partial charge is 0.241 e. The molecule has 1 unspecified atom stereocenters. The van der Waals surface area contributed by atoms with Gasteiger partial charge in [-0.3, -0.25) is 4.72 Å². The highest BCUT2D eigenvalue weighted by Gasteiger charge is 2.25. The monoisotopic (exact) mass is 478 g/mol. The highest BCUT2D eigenvalue weighted by atomic mass is 79.9. The summed E-state index contributed by atoms with van der Waals surface area (Å²) in [6.45, 7) is 1.44. The number of benzene rings is 1. The van der Waals surface area contributed by atoms with Gasteiger partial charge < -0.3 is 5.73 Å². The fourth-order valence-electron chi connectivity index (χ4n) is 1.02. The van der Waals surface area contributed by atoms with Crippen LogP contribution in [0.3, 0.4) is 0 Å². The number of rotatable bonds is 4. The highest BCUT2D eigenvalue weighted by molar-refractivity contribution is 9.11. The Kier molecular flexibility index (Phi) is 5.60. The predicted octanol–water partition coefficient (Wildman–Crippen LogP) is 3.39. The Morgan fingerprint density at radius 3 is 2.17 bits per heavy atom. The molecular formula is C9H9Br3N2O2S2. The van der Waals surface area contributed by atoms with Crippen LogP contribution in [-0.2, 0) is 10.0 Å². The SMILES string of the molecule is CC(C(N)=S)S(=O)(=O)Nc1c(Br)cc(Br)cc1Br. The average molecular weight is 481 g/mol. The molecule has 0 aliphatic carbocycles. The normalized spacial score (nSPS) is 13.1. The van der Waals surface area contributed by atoms with Gasteiger partial charge in [-0.05, 0) is 50.9 Å². The molecule has 4 nitrogen and oxygen atoms in total. The Labute approximate surface area is 136 Å². The molecule has 0 heterocycles. The van der Waals surface area contributed by atoms with Gasteiger partial charge in [-0.2, -0.15) is 0 Å². The van der Waals surface area contributed by atoms with Crippen molar-refractivity contribution in [2.75, 3.05) is 4.72 Å². The van der Waals surface area contributed by atoms with E-state index in [9.17, 15) is 8.42 Å². The van der Waals surface area contributed by atoms with E-state index in [4.69, 9.17) is 18.0 Å². The molecule has 0 saturated heterocycles. The standard InChI is InChI=1S/C9H9Br3N2O2S2/c1-4(9(13)17)18(15,16)14-8-6(11)2-5(10)3-7(8)12/h2-4,14H,1H3,(H2,13,17). The van der Waals surface area contributed by atoms with Gasteiger partial charge in [0.05, 0.1) is 10.7 Å². The lowest BCUT2D eigenvalue weighted by Gasteiger charge is -2.16. The van der Waals surface area contributed by atoms with E-state index < -0.39 is 15.3 Å². The molecule has 1 rings (SSSR count). The fraction of sp³-hybridized carbons (Fsp3) is 0.222. The molecule has 0 bridgehead atoms. The van der Waals surface area contributed by atoms with E-state index in [1.165, 1.54) is 6.92 Å². The molecule has 0 aromatic heterocycles. The van der Waals surface area contributed by atoms with E-state index in [2.05, 4.69) is 52.5 Å². The van der Waals surface area contributed by atoms with Crippen LogP contribution in [0.2, 0.25) is 0 Å². The first-order chi connectivity index (χ1) is 8.15. The van der Waals surface area contributed by atoms with Crippen LogP contribution in [0.15, 0.2) is 25.6 Å². The van der Waals surface area contributed by atoms with Crippen molar-refractivity contribution in [1.29, 1.82) is 0 Å². The van der Waals surface area contributed by atoms with Crippen molar-refractivity contribution >= 4 is 80.7 Å². The minimum Gasteiger partial charge on any atom is -0.392 e.